The molecule has 7 nitrogen and oxygen atoms in total. The van der Waals surface area contributed by atoms with Gasteiger partial charge in [-0.3, -0.25) is 29.8 Å². The van der Waals surface area contributed by atoms with Gasteiger partial charge in [0.15, 0.2) is 5.16 Å². The number of carbonyl (C=O) groups excluding carboxylic acids is 2. The fourth-order valence-electron chi connectivity index (χ4n) is 3.22. The molecule has 0 aliphatic rings. The summed E-state index contributed by atoms with van der Waals surface area (Å²) in [7, 11) is 0. The number of nitrogens with zero attached hydrogens (tertiary/aromatic N) is 2. The van der Waals surface area contributed by atoms with Crippen LogP contribution in [0.15, 0.2) is 82.7 Å². The highest BCUT2D eigenvalue weighted by molar-refractivity contribution is 7.99. The maximum Gasteiger partial charge on any atom is 0.269 e. The van der Waals surface area contributed by atoms with E-state index in [0.29, 0.717) is 32.3 Å². The lowest BCUT2D eigenvalue weighted by Gasteiger charge is -2.15. The minimum atomic E-state index is -0.443. The third kappa shape index (κ3) is 5.08. The van der Waals surface area contributed by atoms with E-state index in [2.05, 4.69) is 15.8 Å². The van der Waals surface area contributed by atoms with Crippen molar-refractivity contribution in [2.75, 3.05) is 5.75 Å². The fraction of sp³-hybridized carbons (Fsp3) is 0.0833. The third-order valence-corrected chi connectivity index (χ3v) is 6.01. The van der Waals surface area contributed by atoms with E-state index in [0.717, 1.165) is 17.3 Å². The number of hydrazine groups is 1. The van der Waals surface area contributed by atoms with Crippen molar-refractivity contribution >= 4 is 46.1 Å². The second kappa shape index (κ2) is 9.89. The molecule has 0 aliphatic carbocycles. The number of halogens is 1. The SMILES string of the molecule is Cc1ccccc1-n1c(SCC(=O)NNC(=O)c2ccccc2)nc2cc(Cl)ccc2c1=O. The molecule has 0 aliphatic heterocycles. The van der Waals surface area contributed by atoms with Crippen LogP contribution in [0.5, 0.6) is 0 Å². The summed E-state index contributed by atoms with van der Waals surface area (Å²) in [6.45, 7) is 1.90. The molecule has 4 rings (SSSR count). The first-order valence-corrected chi connectivity index (χ1v) is 11.4. The Morgan fingerprint density at radius 3 is 2.48 bits per heavy atom. The van der Waals surface area contributed by atoms with Crippen molar-refractivity contribution < 1.29 is 9.59 Å². The lowest BCUT2D eigenvalue weighted by atomic mass is 10.2. The standard InChI is InChI=1S/C24H19ClN4O3S/c1-15-7-5-6-10-20(15)29-23(32)18-12-11-17(25)13-19(18)26-24(29)33-14-21(30)27-28-22(31)16-8-3-2-4-9-16/h2-13H,14H2,1H3,(H,27,30)(H,28,31). The monoisotopic (exact) mass is 478 g/mol. The summed E-state index contributed by atoms with van der Waals surface area (Å²) in [5.41, 5.74) is 6.93. The summed E-state index contributed by atoms with van der Waals surface area (Å²) < 4.78 is 1.49. The van der Waals surface area contributed by atoms with Crippen LogP contribution in [0.2, 0.25) is 5.02 Å². The van der Waals surface area contributed by atoms with E-state index in [4.69, 9.17) is 11.6 Å². The van der Waals surface area contributed by atoms with Gasteiger partial charge in [0.05, 0.1) is 22.3 Å². The Labute approximate surface area is 198 Å². The zero-order valence-corrected chi connectivity index (χ0v) is 19.1. The molecule has 0 fully saturated rings. The number of para-hydroxylation sites is 1. The number of nitrogens with one attached hydrogen (secondary N) is 2. The van der Waals surface area contributed by atoms with Crippen molar-refractivity contribution in [3.8, 4) is 5.69 Å². The fourth-order valence-corrected chi connectivity index (χ4v) is 4.19. The van der Waals surface area contributed by atoms with Crippen molar-refractivity contribution in [1.29, 1.82) is 0 Å². The van der Waals surface area contributed by atoms with Gasteiger partial charge in [-0.1, -0.05) is 59.8 Å². The van der Waals surface area contributed by atoms with Crippen LogP contribution in [0.4, 0.5) is 0 Å². The lowest BCUT2D eigenvalue weighted by molar-refractivity contribution is -0.119. The molecular formula is C24H19ClN4O3S. The third-order valence-electron chi connectivity index (χ3n) is 4.84. The molecule has 0 unspecified atom stereocenters. The largest absolute Gasteiger partial charge is 0.272 e. The van der Waals surface area contributed by atoms with Crippen molar-refractivity contribution in [3.63, 3.8) is 0 Å². The number of rotatable bonds is 5. The number of carbonyl (C=O) groups is 2. The molecule has 4 aromatic rings. The summed E-state index contributed by atoms with van der Waals surface area (Å²) in [5.74, 6) is -0.940. The number of hydrogen-bond donors (Lipinski definition) is 2. The molecule has 1 heterocycles. The van der Waals surface area contributed by atoms with Crippen LogP contribution < -0.4 is 16.4 Å². The van der Waals surface area contributed by atoms with Gasteiger partial charge in [-0.15, -0.1) is 0 Å². The van der Waals surface area contributed by atoms with Crippen LogP contribution in [-0.4, -0.2) is 27.1 Å². The number of benzene rings is 3. The van der Waals surface area contributed by atoms with Crippen LogP contribution in [0.1, 0.15) is 15.9 Å². The Morgan fingerprint density at radius 2 is 1.73 bits per heavy atom. The summed E-state index contributed by atoms with van der Waals surface area (Å²) in [6, 6.07) is 20.9. The molecule has 9 heteroatoms. The number of hydrogen-bond acceptors (Lipinski definition) is 5. The molecule has 166 valence electrons. The van der Waals surface area contributed by atoms with E-state index >= 15 is 0 Å². The molecule has 1 aromatic heterocycles. The summed E-state index contributed by atoms with van der Waals surface area (Å²) in [5, 5.41) is 1.22. The Kier molecular flexibility index (Phi) is 6.76. The zero-order valence-electron chi connectivity index (χ0n) is 17.5. The van der Waals surface area contributed by atoms with Crippen LogP contribution in [0.25, 0.3) is 16.6 Å². The van der Waals surface area contributed by atoms with E-state index in [1.165, 1.54) is 4.57 Å². The van der Waals surface area contributed by atoms with Gasteiger partial charge in [0.1, 0.15) is 0 Å². The molecule has 0 atom stereocenters. The van der Waals surface area contributed by atoms with E-state index in [9.17, 15) is 14.4 Å². The quantitative estimate of drug-likeness (QED) is 0.258. The first-order chi connectivity index (χ1) is 15.9. The molecule has 2 N–H and O–H groups in total. The van der Waals surface area contributed by atoms with Crippen LogP contribution >= 0.6 is 23.4 Å². The molecule has 0 radical (unpaired) electrons. The molecular weight excluding hydrogens is 460 g/mol. The number of fused-ring (bicyclic) bond motifs is 1. The number of thioether (sulfide) groups is 1. The number of amides is 2. The Hall–Kier alpha value is -3.62. The normalized spacial score (nSPS) is 10.7. The summed E-state index contributed by atoms with van der Waals surface area (Å²) >= 11 is 7.18. The van der Waals surface area contributed by atoms with Gasteiger partial charge >= 0.3 is 0 Å². The summed E-state index contributed by atoms with van der Waals surface area (Å²) in [6.07, 6.45) is 0. The Bertz CT molecular complexity index is 1410. The molecule has 0 spiro atoms. The number of aryl methyl sites for hydroxylation is 1. The average molecular weight is 479 g/mol. The zero-order chi connectivity index (χ0) is 23.4. The van der Waals surface area contributed by atoms with Gasteiger partial charge in [0.2, 0.25) is 5.91 Å². The van der Waals surface area contributed by atoms with Crippen LogP contribution in [0, 0.1) is 6.92 Å². The minimum Gasteiger partial charge on any atom is -0.272 e. The van der Waals surface area contributed by atoms with Gasteiger partial charge in [-0.2, -0.15) is 0 Å². The summed E-state index contributed by atoms with van der Waals surface area (Å²) in [4.78, 5) is 42.4. The Balaban J connectivity index is 1.59. The van der Waals surface area contributed by atoms with Gasteiger partial charge in [0.25, 0.3) is 11.5 Å². The second-order valence-electron chi connectivity index (χ2n) is 7.14. The second-order valence-corrected chi connectivity index (χ2v) is 8.52. The molecule has 0 bridgehead atoms. The minimum absolute atomic E-state index is 0.0700. The van der Waals surface area contributed by atoms with Crippen LogP contribution in [0.3, 0.4) is 0 Å². The Morgan fingerprint density at radius 1 is 1.00 bits per heavy atom. The van der Waals surface area contributed by atoms with Crippen molar-refractivity contribution in [2.45, 2.75) is 12.1 Å². The lowest BCUT2D eigenvalue weighted by Crippen LogP contribution is -2.42. The van der Waals surface area contributed by atoms with Crippen LogP contribution in [-0.2, 0) is 4.79 Å². The maximum absolute atomic E-state index is 13.3. The van der Waals surface area contributed by atoms with Gasteiger partial charge < -0.3 is 0 Å². The van der Waals surface area contributed by atoms with Gasteiger partial charge in [-0.05, 0) is 48.9 Å². The highest BCUT2D eigenvalue weighted by atomic mass is 35.5. The van der Waals surface area contributed by atoms with Crippen molar-refractivity contribution in [1.82, 2.24) is 20.4 Å². The van der Waals surface area contributed by atoms with E-state index in [1.807, 2.05) is 31.2 Å². The number of aromatic nitrogens is 2. The van der Waals surface area contributed by atoms with Crippen molar-refractivity contribution in [2.24, 2.45) is 0 Å². The van der Waals surface area contributed by atoms with Gasteiger partial charge in [0, 0.05) is 10.6 Å². The highest BCUT2D eigenvalue weighted by Crippen LogP contribution is 2.24. The molecule has 0 saturated carbocycles. The topological polar surface area (TPSA) is 93.1 Å². The molecule has 3 aromatic carbocycles. The molecule has 0 saturated heterocycles. The van der Waals surface area contributed by atoms with E-state index < -0.39 is 11.8 Å². The smallest absolute Gasteiger partial charge is 0.269 e. The van der Waals surface area contributed by atoms with E-state index in [-0.39, 0.29) is 11.3 Å². The van der Waals surface area contributed by atoms with Gasteiger partial charge in [-0.25, -0.2) is 4.98 Å². The van der Waals surface area contributed by atoms with E-state index in [1.54, 1.807) is 48.5 Å². The predicted molar refractivity (Wildman–Crippen MR) is 130 cm³/mol. The predicted octanol–water partition coefficient (Wildman–Crippen LogP) is 3.90. The first-order valence-electron chi connectivity index (χ1n) is 9.99. The first kappa shape index (κ1) is 22.6. The molecule has 2 amide bonds. The molecule has 33 heavy (non-hydrogen) atoms. The van der Waals surface area contributed by atoms with Crippen molar-refractivity contribution in [3.05, 3.63) is 99.3 Å². The maximum atomic E-state index is 13.3. The average Bonchev–Trinajstić information content (AvgIpc) is 2.82. The highest BCUT2D eigenvalue weighted by Gasteiger charge is 2.16.